The van der Waals surface area contributed by atoms with E-state index in [1.54, 1.807) is 35.8 Å². The van der Waals surface area contributed by atoms with Crippen LogP contribution in [0.3, 0.4) is 0 Å². The second-order valence-electron chi connectivity index (χ2n) is 6.92. The average molecular weight is 411 g/mol. The Morgan fingerprint density at radius 1 is 1.14 bits per heavy atom. The van der Waals surface area contributed by atoms with E-state index in [1.165, 1.54) is 0 Å². The van der Waals surface area contributed by atoms with Crippen molar-refractivity contribution in [3.05, 3.63) is 69.4 Å². The van der Waals surface area contributed by atoms with Gasteiger partial charge in [0.1, 0.15) is 11.4 Å². The molecule has 0 N–H and O–H groups in total. The fourth-order valence-electron chi connectivity index (χ4n) is 3.09. The van der Waals surface area contributed by atoms with Crippen molar-refractivity contribution < 1.29 is 9.26 Å². The van der Waals surface area contributed by atoms with Crippen LogP contribution in [-0.4, -0.2) is 19.7 Å². The molecule has 29 heavy (non-hydrogen) atoms. The Morgan fingerprint density at radius 3 is 2.62 bits per heavy atom. The molecular formula is C21H19ClN4O3. The van der Waals surface area contributed by atoms with Gasteiger partial charge in [0.25, 0.3) is 11.4 Å². The summed E-state index contributed by atoms with van der Waals surface area (Å²) in [5, 5.41) is 4.67. The summed E-state index contributed by atoms with van der Waals surface area (Å²) in [4.78, 5) is 21.3. The van der Waals surface area contributed by atoms with Gasteiger partial charge in [-0.15, -0.1) is 0 Å². The Hall–Kier alpha value is -3.19. The molecule has 0 amide bonds. The summed E-state index contributed by atoms with van der Waals surface area (Å²) < 4.78 is 12.7. The minimum absolute atomic E-state index is 0.0272. The highest BCUT2D eigenvalue weighted by Crippen LogP contribution is 2.23. The molecule has 0 unspecified atom stereocenters. The van der Waals surface area contributed by atoms with Crippen molar-refractivity contribution in [1.82, 2.24) is 19.7 Å². The Labute approximate surface area is 171 Å². The lowest BCUT2D eigenvalue weighted by Crippen LogP contribution is -2.25. The number of hydrogen-bond acceptors (Lipinski definition) is 6. The highest BCUT2D eigenvalue weighted by molar-refractivity contribution is 6.30. The first-order chi connectivity index (χ1) is 13.9. The van der Waals surface area contributed by atoms with Gasteiger partial charge in [0, 0.05) is 16.6 Å². The maximum absolute atomic E-state index is 12.4. The monoisotopic (exact) mass is 410 g/mol. The summed E-state index contributed by atoms with van der Waals surface area (Å²) in [5.74, 6) is 1.45. The van der Waals surface area contributed by atoms with Gasteiger partial charge in [-0.05, 0) is 63.2 Å². The number of fused-ring (bicyclic) bond motifs is 1. The fourth-order valence-corrected chi connectivity index (χ4v) is 3.21. The minimum Gasteiger partial charge on any atom is -0.484 e. The van der Waals surface area contributed by atoms with Gasteiger partial charge < -0.3 is 13.8 Å². The van der Waals surface area contributed by atoms with Gasteiger partial charge in [0.15, 0.2) is 6.61 Å². The van der Waals surface area contributed by atoms with Gasteiger partial charge in [0.05, 0.1) is 11.0 Å². The molecule has 0 aliphatic carbocycles. The van der Waals surface area contributed by atoms with Crippen molar-refractivity contribution in [3.63, 3.8) is 0 Å². The van der Waals surface area contributed by atoms with E-state index in [2.05, 4.69) is 15.1 Å². The zero-order chi connectivity index (χ0) is 20.5. The quantitative estimate of drug-likeness (QED) is 0.479. The van der Waals surface area contributed by atoms with Gasteiger partial charge in [0.2, 0.25) is 5.82 Å². The van der Waals surface area contributed by atoms with E-state index in [4.69, 9.17) is 20.9 Å². The fraction of sp³-hybridized carbons (Fsp3) is 0.238. The normalized spacial score (nSPS) is 11.3. The largest absolute Gasteiger partial charge is 0.484 e. The molecule has 4 rings (SSSR count). The Balaban J connectivity index is 1.61. The van der Waals surface area contributed by atoms with Crippen LogP contribution in [0.2, 0.25) is 5.02 Å². The smallest absolute Gasteiger partial charge is 0.272 e. The summed E-state index contributed by atoms with van der Waals surface area (Å²) >= 11 is 5.87. The van der Waals surface area contributed by atoms with Crippen LogP contribution >= 0.6 is 11.6 Å². The molecule has 8 heteroatoms. The molecule has 4 aromatic rings. The molecule has 0 saturated carbocycles. The molecular weight excluding hydrogens is 392 g/mol. The summed E-state index contributed by atoms with van der Waals surface area (Å²) in [5.41, 5.74) is 2.60. The van der Waals surface area contributed by atoms with Crippen LogP contribution in [0.5, 0.6) is 5.75 Å². The number of hydrogen-bond donors (Lipinski definition) is 0. The molecule has 2 aromatic carbocycles. The first-order valence-corrected chi connectivity index (χ1v) is 9.54. The van der Waals surface area contributed by atoms with Crippen LogP contribution in [-0.2, 0) is 6.61 Å². The summed E-state index contributed by atoms with van der Waals surface area (Å²) in [6.07, 6.45) is 0. The summed E-state index contributed by atoms with van der Waals surface area (Å²) in [6, 6.07) is 12.6. The SMILES string of the molecule is Cc1nc2cc(-c3noc(COc4ccc(Cl)cc4)n3)ccc2n(C(C)C)c1=O. The number of aromatic nitrogens is 4. The van der Waals surface area contributed by atoms with Gasteiger partial charge in [-0.3, -0.25) is 4.79 Å². The molecule has 0 saturated heterocycles. The standard InChI is InChI=1S/C21H19ClN4O3/c1-12(2)26-18-9-4-14(10-17(18)23-13(3)21(26)27)20-24-19(29-25-20)11-28-16-7-5-15(22)6-8-16/h4-10,12H,11H2,1-3H3. The third-order valence-electron chi connectivity index (χ3n) is 4.47. The number of halogens is 1. The van der Waals surface area contributed by atoms with Crippen LogP contribution < -0.4 is 10.3 Å². The van der Waals surface area contributed by atoms with Crippen LogP contribution in [0.4, 0.5) is 0 Å². The van der Waals surface area contributed by atoms with E-state index in [-0.39, 0.29) is 18.2 Å². The maximum Gasteiger partial charge on any atom is 0.272 e. The van der Waals surface area contributed by atoms with Crippen LogP contribution in [0, 0.1) is 6.92 Å². The topological polar surface area (TPSA) is 83.0 Å². The first kappa shape index (κ1) is 19.1. The number of rotatable bonds is 5. The lowest BCUT2D eigenvalue weighted by atomic mass is 10.1. The Kier molecular flexibility index (Phi) is 5.07. The predicted molar refractivity (Wildman–Crippen MR) is 110 cm³/mol. The van der Waals surface area contributed by atoms with Crippen molar-refractivity contribution in [2.24, 2.45) is 0 Å². The van der Waals surface area contributed by atoms with Crippen molar-refractivity contribution in [2.45, 2.75) is 33.4 Å². The highest BCUT2D eigenvalue weighted by atomic mass is 35.5. The lowest BCUT2D eigenvalue weighted by molar-refractivity contribution is 0.243. The highest BCUT2D eigenvalue weighted by Gasteiger charge is 2.14. The van der Waals surface area contributed by atoms with Crippen molar-refractivity contribution >= 4 is 22.6 Å². The van der Waals surface area contributed by atoms with Gasteiger partial charge in [-0.2, -0.15) is 4.98 Å². The third-order valence-corrected chi connectivity index (χ3v) is 4.72. The molecule has 0 radical (unpaired) electrons. The van der Waals surface area contributed by atoms with Gasteiger partial charge in [-0.25, -0.2) is 4.98 Å². The number of benzene rings is 2. The number of ether oxygens (including phenoxy) is 1. The number of aryl methyl sites for hydroxylation is 1. The Morgan fingerprint density at radius 2 is 1.90 bits per heavy atom. The zero-order valence-corrected chi connectivity index (χ0v) is 17.0. The molecule has 2 heterocycles. The van der Waals surface area contributed by atoms with Gasteiger partial charge >= 0.3 is 0 Å². The summed E-state index contributed by atoms with van der Waals surface area (Å²) in [6.45, 7) is 5.81. The molecule has 7 nitrogen and oxygen atoms in total. The molecule has 0 atom stereocenters. The van der Waals surface area contributed by atoms with E-state index in [0.717, 1.165) is 11.1 Å². The second-order valence-corrected chi connectivity index (χ2v) is 7.36. The zero-order valence-electron chi connectivity index (χ0n) is 16.2. The van der Waals surface area contributed by atoms with E-state index >= 15 is 0 Å². The molecule has 148 valence electrons. The minimum atomic E-state index is -0.0820. The van der Waals surface area contributed by atoms with Crippen molar-refractivity contribution in [2.75, 3.05) is 0 Å². The average Bonchev–Trinajstić information content (AvgIpc) is 3.17. The molecule has 0 bridgehead atoms. The second kappa shape index (κ2) is 7.67. The molecule has 0 aliphatic rings. The lowest BCUT2D eigenvalue weighted by Gasteiger charge is -2.14. The van der Waals surface area contributed by atoms with Gasteiger partial charge in [-0.1, -0.05) is 16.8 Å². The van der Waals surface area contributed by atoms with E-state index in [0.29, 0.717) is 33.7 Å². The predicted octanol–water partition coefficient (Wildman–Crippen LogP) is 4.57. The van der Waals surface area contributed by atoms with E-state index < -0.39 is 0 Å². The third kappa shape index (κ3) is 3.86. The van der Waals surface area contributed by atoms with Crippen LogP contribution in [0.25, 0.3) is 22.4 Å². The molecule has 0 fully saturated rings. The molecule has 0 aliphatic heterocycles. The van der Waals surface area contributed by atoms with Crippen LogP contribution in [0.1, 0.15) is 31.5 Å². The molecule has 2 aromatic heterocycles. The maximum atomic E-state index is 12.4. The molecule has 0 spiro atoms. The Bertz CT molecular complexity index is 1230. The van der Waals surface area contributed by atoms with Crippen molar-refractivity contribution in [3.8, 4) is 17.1 Å². The first-order valence-electron chi connectivity index (χ1n) is 9.16. The van der Waals surface area contributed by atoms with Crippen molar-refractivity contribution in [1.29, 1.82) is 0 Å². The summed E-state index contributed by atoms with van der Waals surface area (Å²) in [7, 11) is 0. The van der Waals surface area contributed by atoms with E-state index in [9.17, 15) is 4.79 Å². The van der Waals surface area contributed by atoms with Crippen LogP contribution in [0.15, 0.2) is 51.8 Å². The van der Waals surface area contributed by atoms with E-state index in [1.807, 2.05) is 32.0 Å². The number of nitrogens with zero attached hydrogens (tertiary/aromatic N) is 4.